The van der Waals surface area contributed by atoms with Crippen molar-refractivity contribution in [1.29, 1.82) is 0 Å². The number of nitrogen functional groups attached to an aromatic ring is 1. The molecule has 2 rings (SSSR count). The van der Waals surface area contributed by atoms with E-state index in [4.69, 9.17) is 5.84 Å². The number of hydrogen-bond acceptors (Lipinski definition) is 4. The van der Waals surface area contributed by atoms with Gasteiger partial charge in [0.1, 0.15) is 5.82 Å². The van der Waals surface area contributed by atoms with Gasteiger partial charge in [-0.05, 0) is 30.9 Å². The number of hydrogen-bond donors (Lipinski definition) is 2. The summed E-state index contributed by atoms with van der Waals surface area (Å²) in [5, 5.41) is 0. The molecule has 0 saturated heterocycles. The molecule has 3 nitrogen and oxygen atoms in total. The average molecular weight is 223 g/mol. The van der Waals surface area contributed by atoms with Crippen LogP contribution in [0.1, 0.15) is 25.7 Å². The topological polar surface area (TPSA) is 50.9 Å². The Bertz CT molecular complexity index is 310. The Morgan fingerprint density at radius 3 is 3.00 bits per heavy atom. The van der Waals surface area contributed by atoms with E-state index in [0.29, 0.717) is 0 Å². The van der Waals surface area contributed by atoms with Crippen molar-refractivity contribution in [2.45, 2.75) is 30.6 Å². The molecule has 0 aromatic carbocycles. The van der Waals surface area contributed by atoms with Crippen LogP contribution in [0.5, 0.6) is 0 Å². The second-order valence-electron chi connectivity index (χ2n) is 3.98. The van der Waals surface area contributed by atoms with E-state index in [2.05, 4.69) is 10.4 Å². The highest BCUT2D eigenvalue weighted by molar-refractivity contribution is 7.99. The van der Waals surface area contributed by atoms with Crippen LogP contribution in [0.3, 0.4) is 0 Å². The summed E-state index contributed by atoms with van der Waals surface area (Å²) in [6.07, 6.45) is 7.43. The molecule has 0 spiro atoms. The molecular formula is C11H17N3S. The second kappa shape index (κ2) is 5.37. The van der Waals surface area contributed by atoms with E-state index in [1.807, 2.05) is 23.9 Å². The van der Waals surface area contributed by atoms with Gasteiger partial charge in [-0.1, -0.05) is 12.8 Å². The third-order valence-electron chi connectivity index (χ3n) is 2.84. The number of nitrogens with two attached hydrogens (primary N) is 1. The van der Waals surface area contributed by atoms with Crippen molar-refractivity contribution in [3.63, 3.8) is 0 Å². The fourth-order valence-corrected chi connectivity index (χ4v) is 3.08. The molecule has 1 heterocycles. The highest BCUT2D eigenvalue weighted by Gasteiger charge is 2.14. The first-order chi connectivity index (χ1) is 7.38. The van der Waals surface area contributed by atoms with Gasteiger partial charge in [0.05, 0.1) is 0 Å². The number of aromatic nitrogens is 1. The number of rotatable bonds is 4. The molecule has 0 atom stereocenters. The largest absolute Gasteiger partial charge is 0.308 e. The third-order valence-corrected chi connectivity index (χ3v) is 4.07. The summed E-state index contributed by atoms with van der Waals surface area (Å²) < 4.78 is 0. The van der Waals surface area contributed by atoms with Crippen molar-refractivity contribution >= 4 is 17.6 Å². The molecule has 0 radical (unpaired) electrons. The molecule has 4 heteroatoms. The molecule has 15 heavy (non-hydrogen) atoms. The van der Waals surface area contributed by atoms with Gasteiger partial charge in [0.15, 0.2) is 0 Å². The van der Waals surface area contributed by atoms with Crippen LogP contribution in [0.4, 0.5) is 5.82 Å². The maximum Gasteiger partial charge on any atom is 0.140 e. The lowest BCUT2D eigenvalue weighted by Crippen LogP contribution is -2.08. The maximum atomic E-state index is 5.32. The average Bonchev–Trinajstić information content (AvgIpc) is 2.79. The first kappa shape index (κ1) is 10.8. The minimum atomic E-state index is 0.742. The number of pyridine rings is 1. The molecule has 0 amide bonds. The summed E-state index contributed by atoms with van der Waals surface area (Å²) in [4.78, 5) is 5.34. The van der Waals surface area contributed by atoms with Crippen LogP contribution in [0.15, 0.2) is 23.2 Å². The summed E-state index contributed by atoms with van der Waals surface area (Å²) in [5.41, 5.74) is 2.57. The molecule has 1 aliphatic rings. The first-order valence-corrected chi connectivity index (χ1v) is 6.42. The fraction of sp³-hybridized carbons (Fsp3) is 0.545. The summed E-state index contributed by atoms with van der Waals surface area (Å²) in [7, 11) is 0. The van der Waals surface area contributed by atoms with E-state index in [0.717, 1.165) is 11.7 Å². The second-order valence-corrected chi connectivity index (χ2v) is 5.08. The van der Waals surface area contributed by atoms with Crippen LogP contribution < -0.4 is 11.3 Å². The molecule has 1 aromatic rings. The van der Waals surface area contributed by atoms with Crippen molar-refractivity contribution in [2.75, 3.05) is 11.2 Å². The number of thioether (sulfide) groups is 1. The van der Waals surface area contributed by atoms with Gasteiger partial charge in [-0.3, -0.25) is 0 Å². The molecule has 0 bridgehead atoms. The Morgan fingerprint density at radius 1 is 1.47 bits per heavy atom. The molecular weight excluding hydrogens is 206 g/mol. The van der Waals surface area contributed by atoms with E-state index in [1.165, 1.54) is 36.3 Å². The Hall–Kier alpha value is -0.740. The number of nitrogens with one attached hydrogen (secondary N) is 1. The summed E-state index contributed by atoms with van der Waals surface area (Å²) in [6.45, 7) is 0. The predicted octanol–water partition coefficient (Wildman–Crippen LogP) is 2.65. The number of anilines is 1. The summed E-state index contributed by atoms with van der Waals surface area (Å²) >= 11 is 1.91. The monoisotopic (exact) mass is 223 g/mol. The molecule has 0 aliphatic heterocycles. The van der Waals surface area contributed by atoms with Gasteiger partial charge >= 0.3 is 0 Å². The van der Waals surface area contributed by atoms with Gasteiger partial charge in [-0.25, -0.2) is 10.8 Å². The number of nitrogens with zero attached hydrogens (tertiary/aromatic N) is 1. The van der Waals surface area contributed by atoms with Crippen LogP contribution >= 0.6 is 11.8 Å². The lowest BCUT2D eigenvalue weighted by atomic mass is 10.1. The zero-order valence-electron chi connectivity index (χ0n) is 8.78. The van der Waals surface area contributed by atoms with Crippen molar-refractivity contribution in [1.82, 2.24) is 4.98 Å². The Morgan fingerprint density at radius 2 is 2.27 bits per heavy atom. The molecule has 1 aliphatic carbocycles. The quantitative estimate of drug-likeness (QED) is 0.468. The van der Waals surface area contributed by atoms with Gasteiger partial charge in [0.2, 0.25) is 0 Å². The predicted molar refractivity (Wildman–Crippen MR) is 64.7 cm³/mol. The minimum absolute atomic E-state index is 0.742. The molecule has 1 aromatic heterocycles. The van der Waals surface area contributed by atoms with Gasteiger partial charge in [-0.15, -0.1) is 11.8 Å². The van der Waals surface area contributed by atoms with Crippen molar-refractivity contribution < 1.29 is 0 Å². The van der Waals surface area contributed by atoms with Crippen molar-refractivity contribution in [2.24, 2.45) is 11.8 Å². The van der Waals surface area contributed by atoms with Crippen LogP contribution in [-0.2, 0) is 0 Å². The van der Waals surface area contributed by atoms with Gasteiger partial charge in [-0.2, -0.15) is 0 Å². The van der Waals surface area contributed by atoms with Crippen LogP contribution in [-0.4, -0.2) is 10.7 Å². The zero-order valence-corrected chi connectivity index (χ0v) is 9.59. The van der Waals surface area contributed by atoms with E-state index in [-0.39, 0.29) is 0 Å². The van der Waals surface area contributed by atoms with Gasteiger partial charge < -0.3 is 5.43 Å². The highest BCUT2D eigenvalue weighted by Crippen LogP contribution is 2.31. The van der Waals surface area contributed by atoms with Crippen LogP contribution in [0.25, 0.3) is 0 Å². The Kier molecular flexibility index (Phi) is 3.86. The smallest absolute Gasteiger partial charge is 0.140 e. The molecule has 82 valence electrons. The molecule has 1 fully saturated rings. The lowest BCUT2D eigenvalue weighted by Gasteiger charge is -2.08. The highest BCUT2D eigenvalue weighted by atomic mass is 32.2. The van der Waals surface area contributed by atoms with Gasteiger partial charge in [0.25, 0.3) is 0 Å². The van der Waals surface area contributed by atoms with Crippen molar-refractivity contribution in [3.05, 3.63) is 18.3 Å². The van der Waals surface area contributed by atoms with Crippen LogP contribution in [0, 0.1) is 5.92 Å². The maximum absolute atomic E-state index is 5.32. The van der Waals surface area contributed by atoms with E-state index >= 15 is 0 Å². The molecule has 0 unspecified atom stereocenters. The summed E-state index contributed by atoms with van der Waals surface area (Å²) in [5.74, 6) is 8.20. The first-order valence-electron chi connectivity index (χ1n) is 5.44. The summed E-state index contributed by atoms with van der Waals surface area (Å²) in [6, 6.07) is 4.04. The Balaban J connectivity index is 1.86. The normalized spacial score (nSPS) is 16.9. The Labute approximate surface area is 94.8 Å². The minimum Gasteiger partial charge on any atom is -0.308 e. The fourth-order valence-electron chi connectivity index (χ4n) is 1.97. The standard InChI is InChI=1S/C11H17N3S/c12-14-11-7-10(5-6-13-11)15-8-9-3-1-2-4-9/h5-7,9H,1-4,8,12H2,(H,13,14). The van der Waals surface area contributed by atoms with E-state index < -0.39 is 0 Å². The van der Waals surface area contributed by atoms with Crippen LogP contribution in [0.2, 0.25) is 0 Å². The molecule has 3 N–H and O–H groups in total. The van der Waals surface area contributed by atoms with E-state index in [1.54, 1.807) is 6.20 Å². The van der Waals surface area contributed by atoms with Gasteiger partial charge in [0, 0.05) is 16.8 Å². The zero-order chi connectivity index (χ0) is 10.5. The van der Waals surface area contributed by atoms with Crippen molar-refractivity contribution in [3.8, 4) is 0 Å². The van der Waals surface area contributed by atoms with E-state index in [9.17, 15) is 0 Å². The lowest BCUT2D eigenvalue weighted by molar-refractivity contribution is 0.623. The SMILES string of the molecule is NNc1cc(SCC2CCCC2)ccn1. The molecule has 1 saturated carbocycles. The third kappa shape index (κ3) is 3.11. The number of hydrazine groups is 1.